The van der Waals surface area contributed by atoms with Gasteiger partial charge in [0, 0.05) is 17.2 Å². The Morgan fingerprint density at radius 1 is 1.65 bits per heavy atom. The van der Waals surface area contributed by atoms with Gasteiger partial charge in [0.25, 0.3) is 5.69 Å². The zero-order chi connectivity index (χ0) is 13.0. The van der Waals surface area contributed by atoms with E-state index in [9.17, 15) is 14.5 Å². The quantitative estimate of drug-likeness (QED) is 0.246. The molecule has 94 valence electrons. The van der Waals surface area contributed by atoms with Gasteiger partial charge in [-0.25, -0.2) is 4.39 Å². The van der Waals surface area contributed by atoms with Crippen molar-refractivity contribution in [1.82, 2.24) is 0 Å². The first-order valence-corrected chi connectivity index (χ1v) is 7.31. The van der Waals surface area contributed by atoms with Crippen molar-refractivity contribution in [2.45, 2.75) is 23.5 Å². The number of nitro benzene ring substituents is 1. The third-order valence-corrected chi connectivity index (χ3v) is 4.31. The normalized spacial score (nSPS) is 12.5. The summed E-state index contributed by atoms with van der Waals surface area (Å²) in [5, 5.41) is 11.0. The van der Waals surface area contributed by atoms with Crippen LogP contribution in [-0.4, -0.2) is 16.1 Å². The Balaban J connectivity index is 3.04. The fourth-order valence-corrected chi connectivity index (χ4v) is 3.19. The van der Waals surface area contributed by atoms with E-state index < -0.39 is 10.7 Å². The Labute approximate surface area is 121 Å². The molecule has 1 aromatic rings. The van der Waals surface area contributed by atoms with Crippen LogP contribution in [0.2, 0.25) is 0 Å². The topological polar surface area (TPSA) is 43.1 Å². The van der Waals surface area contributed by atoms with Crippen LogP contribution in [0.4, 0.5) is 10.1 Å². The fourth-order valence-electron chi connectivity index (χ4n) is 1.18. The maximum absolute atomic E-state index is 13.4. The lowest BCUT2D eigenvalue weighted by molar-refractivity contribution is -0.387. The molecule has 0 aliphatic carbocycles. The molecule has 3 nitrogen and oxygen atoms in total. The summed E-state index contributed by atoms with van der Waals surface area (Å²) in [6.07, 6.45) is 0.719. The van der Waals surface area contributed by atoms with E-state index in [-0.39, 0.29) is 14.5 Å². The van der Waals surface area contributed by atoms with E-state index in [0.29, 0.717) is 10.8 Å². The van der Waals surface area contributed by atoms with Gasteiger partial charge in [-0.3, -0.25) is 10.1 Å². The van der Waals surface area contributed by atoms with Crippen LogP contribution in [0.3, 0.4) is 0 Å². The molecule has 1 aromatic carbocycles. The molecular formula is C10H10ClFINO2S. The summed E-state index contributed by atoms with van der Waals surface area (Å²) in [5.41, 5.74) is -0.0535. The van der Waals surface area contributed by atoms with E-state index in [1.807, 2.05) is 6.92 Å². The number of hydrogen-bond donors (Lipinski definition) is 0. The third-order valence-electron chi connectivity index (χ3n) is 2.04. The van der Waals surface area contributed by atoms with Crippen molar-refractivity contribution < 1.29 is 9.31 Å². The van der Waals surface area contributed by atoms with Gasteiger partial charge in [-0.15, -0.1) is 23.4 Å². The van der Waals surface area contributed by atoms with Crippen LogP contribution >= 0.6 is 46.0 Å². The zero-order valence-corrected chi connectivity index (χ0v) is 12.7. The summed E-state index contributed by atoms with van der Waals surface area (Å²) in [6, 6.07) is 2.47. The third kappa shape index (κ3) is 4.26. The minimum atomic E-state index is -0.489. The maximum Gasteiger partial charge on any atom is 0.284 e. The second-order valence-electron chi connectivity index (χ2n) is 3.40. The van der Waals surface area contributed by atoms with Crippen LogP contribution in [-0.2, 0) is 0 Å². The number of alkyl halides is 1. The van der Waals surface area contributed by atoms with Gasteiger partial charge < -0.3 is 0 Å². The van der Waals surface area contributed by atoms with Crippen LogP contribution in [0.1, 0.15) is 13.3 Å². The van der Waals surface area contributed by atoms with Crippen molar-refractivity contribution in [3.8, 4) is 0 Å². The first kappa shape index (κ1) is 15.0. The number of benzene rings is 1. The van der Waals surface area contributed by atoms with E-state index in [1.54, 1.807) is 22.6 Å². The highest BCUT2D eigenvalue weighted by atomic mass is 127. The average Bonchev–Trinajstić information content (AvgIpc) is 2.23. The lowest BCUT2D eigenvalue weighted by atomic mass is 10.3. The molecule has 1 unspecified atom stereocenters. The van der Waals surface area contributed by atoms with Gasteiger partial charge in [0.15, 0.2) is 0 Å². The van der Waals surface area contributed by atoms with E-state index in [1.165, 1.54) is 23.9 Å². The number of nitrogens with zero attached hydrogens (tertiary/aromatic N) is 1. The second-order valence-corrected chi connectivity index (χ2v) is 6.42. The molecule has 1 atom stereocenters. The molecule has 0 aliphatic rings. The summed E-state index contributed by atoms with van der Waals surface area (Å²) in [5.74, 6) is 0.0474. The van der Waals surface area contributed by atoms with E-state index in [4.69, 9.17) is 11.6 Å². The molecule has 0 bridgehead atoms. The molecule has 0 spiro atoms. The first-order valence-electron chi connectivity index (χ1n) is 4.81. The van der Waals surface area contributed by atoms with Gasteiger partial charge in [-0.2, -0.15) is 0 Å². The van der Waals surface area contributed by atoms with Crippen LogP contribution in [0.15, 0.2) is 17.0 Å². The van der Waals surface area contributed by atoms with Crippen molar-refractivity contribution in [3.63, 3.8) is 0 Å². The molecule has 17 heavy (non-hydrogen) atoms. The number of thioether (sulfide) groups is 1. The van der Waals surface area contributed by atoms with Crippen molar-refractivity contribution >= 4 is 51.6 Å². The molecule has 0 saturated carbocycles. The standard InChI is InChI=1S/C10H10ClFINO2S/c1-6(2-3-11)17-10-4-7(12)8(13)5-9(10)14(15)16/h4-6H,2-3H2,1H3. The predicted octanol–water partition coefficient (Wildman–Crippen LogP) is 4.45. The molecular weight excluding hydrogens is 380 g/mol. The van der Waals surface area contributed by atoms with Gasteiger partial charge in [-0.05, 0) is 35.1 Å². The van der Waals surface area contributed by atoms with Crippen molar-refractivity contribution in [2.24, 2.45) is 0 Å². The lowest BCUT2D eigenvalue weighted by Gasteiger charge is -2.10. The number of hydrogen-bond acceptors (Lipinski definition) is 3. The minimum absolute atomic E-state index is 0.0535. The number of halogens is 3. The first-order chi connectivity index (χ1) is 7.95. The van der Waals surface area contributed by atoms with Crippen LogP contribution in [0, 0.1) is 19.5 Å². The molecule has 0 saturated heterocycles. The Morgan fingerprint density at radius 3 is 2.82 bits per heavy atom. The molecule has 1 rings (SSSR count). The lowest BCUT2D eigenvalue weighted by Crippen LogP contribution is -2.00. The van der Waals surface area contributed by atoms with Crippen LogP contribution in [0.5, 0.6) is 0 Å². The Kier molecular flexibility index (Phi) is 5.94. The SMILES string of the molecule is CC(CCCl)Sc1cc(F)c(I)cc1[N+](=O)[O-]. The molecule has 0 aromatic heterocycles. The highest BCUT2D eigenvalue weighted by Gasteiger charge is 2.19. The molecule has 7 heteroatoms. The predicted molar refractivity (Wildman–Crippen MR) is 76.4 cm³/mol. The number of nitro groups is 1. The highest BCUT2D eigenvalue weighted by Crippen LogP contribution is 2.35. The van der Waals surface area contributed by atoms with E-state index in [0.717, 1.165) is 6.42 Å². The Hall–Kier alpha value is -0.0800. The summed E-state index contributed by atoms with van der Waals surface area (Å²) < 4.78 is 13.6. The molecule has 0 radical (unpaired) electrons. The average molecular weight is 390 g/mol. The highest BCUT2D eigenvalue weighted by molar-refractivity contribution is 14.1. The van der Waals surface area contributed by atoms with E-state index >= 15 is 0 Å². The van der Waals surface area contributed by atoms with Gasteiger partial charge >= 0.3 is 0 Å². The van der Waals surface area contributed by atoms with Gasteiger partial charge in [0.05, 0.1) is 13.4 Å². The largest absolute Gasteiger partial charge is 0.284 e. The van der Waals surface area contributed by atoms with Crippen molar-refractivity contribution in [1.29, 1.82) is 0 Å². The maximum atomic E-state index is 13.4. The molecule has 0 amide bonds. The zero-order valence-electron chi connectivity index (χ0n) is 8.95. The smallest absolute Gasteiger partial charge is 0.258 e. The molecule has 0 aliphatic heterocycles. The van der Waals surface area contributed by atoms with Crippen molar-refractivity contribution in [2.75, 3.05) is 5.88 Å². The van der Waals surface area contributed by atoms with Gasteiger partial charge in [-0.1, -0.05) is 6.92 Å². The Bertz CT molecular complexity index is 433. The summed E-state index contributed by atoms with van der Waals surface area (Å²) >= 11 is 8.62. The molecule has 0 N–H and O–H groups in total. The second kappa shape index (κ2) is 6.75. The summed E-state index contributed by atoms with van der Waals surface area (Å²) in [6.45, 7) is 1.91. The van der Waals surface area contributed by atoms with Gasteiger partial charge in [0.2, 0.25) is 0 Å². The van der Waals surface area contributed by atoms with E-state index in [2.05, 4.69) is 0 Å². The Morgan fingerprint density at radius 2 is 2.29 bits per heavy atom. The number of rotatable bonds is 5. The molecule has 0 heterocycles. The summed E-state index contributed by atoms with van der Waals surface area (Å²) in [7, 11) is 0. The van der Waals surface area contributed by atoms with Crippen LogP contribution in [0.25, 0.3) is 0 Å². The van der Waals surface area contributed by atoms with Crippen LogP contribution < -0.4 is 0 Å². The van der Waals surface area contributed by atoms with Gasteiger partial charge in [0.1, 0.15) is 5.82 Å². The minimum Gasteiger partial charge on any atom is -0.258 e. The summed E-state index contributed by atoms with van der Waals surface area (Å²) in [4.78, 5) is 10.7. The monoisotopic (exact) mass is 389 g/mol. The van der Waals surface area contributed by atoms with Crippen molar-refractivity contribution in [3.05, 3.63) is 31.6 Å². The fraction of sp³-hybridized carbons (Fsp3) is 0.400. The molecule has 0 fully saturated rings.